The number of nitrogens with zero attached hydrogens (tertiary/aromatic N) is 3. The Hall–Kier alpha value is -2.26. The molecule has 1 aliphatic heterocycles. The van der Waals surface area contributed by atoms with E-state index in [1.807, 2.05) is 41.3 Å². The van der Waals surface area contributed by atoms with E-state index in [4.69, 9.17) is 4.84 Å². The molecular weight excluding hydrogens is 390 g/mol. The van der Waals surface area contributed by atoms with Crippen molar-refractivity contribution in [1.82, 2.24) is 9.21 Å². The molecule has 154 valence electrons. The molecule has 2 aliphatic rings. The zero-order valence-electron chi connectivity index (χ0n) is 16.4. The average molecular weight is 416 g/mol. The first-order chi connectivity index (χ1) is 13.9. The van der Waals surface area contributed by atoms with Crippen LogP contribution in [0.5, 0.6) is 0 Å². The van der Waals surface area contributed by atoms with Crippen LogP contribution in [-0.2, 0) is 14.9 Å². The Kier molecular flexibility index (Phi) is 5.69. The maximum Gasteiger partial charge on any atom is 0.211 e. The number of hydrogen-bond donors (Lipinski definition) is 1. The molecule has 7 nitrogen and oxygen atoms in total. The lowest BCUT2D eigenvalue weighted by Gasteiger charge is -2.33. The van der Waals surface area contributed by atoms with Gasteiger partial charge in [0.2, 0.25) is 10.0 Å². The summed E-state index contributed by atoms with van der Waals surface area (Å²) in [7, 11) is -3.15. The summed E-state index contributed by atoms with van der Waals surface area (Å²) in [6.07, 6.45) is 0.528. The molecule has 2 aromatic rings. The Morgan fingerprint density at radius 2 is 1.48 bits per heavy atom. The quantitative estimate of drug-likeness (QED) is 0.615. The van der Waals surface area contributed by atoms with E-state index in [0.29, 0.717) is 32.7 Å². The van der Waals surface area contributed by atoms with Crippen LogP contribution >= 0.6 is 0 Å². The summed E-state index contributed by atoms with van der Waals surface area (Å²) < 4.78 is 24.6. The largest absolute Gasteiger partial charge is 0.392 e. The second-order valence-corrected chi connectivity index (χ2v) is 9.43. The lowest BCUT2D eigenvalue weighted by Crippen LogP contribution is -2.50. The van der Waals surface area contributed by atoms with Crippen LogP contribution < -0.4 is 0 Å². The summed E-state index contributed by atoms with van der Waals surface area (Å²) >= 11 is 0. The molecule has 0 unspecified atom stereocenters. The van der Waals surface area contributed by atoms with Gasteiger partial charge in [-0.1, -0.05) is 53.7 Å². The summed E-state index contributed by atoms with van der Waals surface area (Å²) in [4.78, 5) is 7.56. The number of oxime groups is 1. The van der Waals surface area contributed by atoms with E-state index in [-0.39, 0.29) is 6.61 Å². The fourth-order valence-electron chi connectivity index (χ4n) is 3.87. The molecule has 0 amide bonds. The Morgan fingerprint density at radius 3 is 2.00 bits per heavy atom. The molecule has 1 aliphatic carbocycles. The van der Waals surface area contributed by atoms with Crippen molar-refractivity contribution in [1.29, 1.82) is 0 Å². The number of hydrogen-bond acceptors (Lipinski definition) is 6. The third kappa shape index (κ3) is 4.35. The van der Waals surface area contributed by atoms with E-state index < -0.39 is 16.1 Å². The van der Waals surface area contributed by atoms with Gasteiger partial charge in [-0.15, -0.1) is 0 Å². The fourth-order valence-corrected chi connectivity index (χ4v) is 4.70. The predicted octanol–water partition coefficient (Wildman–Crippen LogP) is 1.37. The van der Waals surface area contributed by atoms with Gasteiger partial charge in [-0.2, -0.15) is 4.31 Å². The highest BCUT2D eigenvalue weighted by Gasteiger charge is 2.26. The van der Waals surface area contributed by atoms with Crippen molar-refractivity contribution in [2.75, 3.05) is 45.6 Å². The summed E-state index contributed by atoms with van der Waals surface area (Å²) in [6, 6.07) is 16.2. The fraction of sp³-hybridized carbons (Fsp3) is 0.381. The number of piperazine rings is 1. The molecule has 0 bridgehead atoms. The van der Waals surface area contributed by atoms with Crippen LogP contribution in [0.3, 0.4) is 0 Å². The van der Waals surface area contributed by atoms with Gasteiger partial charge in [0, 0.05) is 43.9 Å². The molecule has 1 atom stereocenters. The molecular formula is C21H25N3O4S. The van der Waals surface area contributed by atoms with E-state index in [1.165, 1.54) is 10.6 Å². The van der Waals surface area contributed by atoms with Crippen molar-refractivity contribution in [2.24, 2.45) is 5.16 Å². The van der Waals surface area contributed by atoms with Crippen LogP contribution in [0.25, 0.3) is 11.1 Å². The molecule has 0 spiro atoms. The molecule has 0 radical (unpaired) electrons. The van der Waals surface area contributed by atoms with Crippen molar-refractivity contribution in [2.45, 2.75) is 6.10 Å². The smallest absolute Gasteiger partial charge is 0.211 e. The minimum atomic E-state index is -3.15. The number of benzene rings is 2. The zero-order chi connectivity index (χ0) is 20.4. The Balaban J connectivity index is 1.35. The van der Waals surface area contributed by atoms with Crippen molar-refractivity contribution < 1.29 is 18.4 Å². The predicted molar refractivity (Wildman–Crippen MR) is 112 cm³/mol. The van der Waals surface area contributed by atoms with Gasteiger partial charge in [0.05, 0.1) is 6.26 Å². The first-order valence-corrected chi connectivity index (χ1v) is 11.5. The summed E-state index contributed by atoms with van der Waals surface area (Å²) in [5, 5.41) is 14.7. The lowest BCUT2D eigenvalue weighted by molar-refractivity contribution is 0.0139. The van der Waals surface area contributed by atoms with Gasteiger partial charge in [0.25, 0.3) is 0 Å². The molecule has 1 saturated heterocycles. The van der Waals surface area contributed by atoms with Crippen LogP contribution in [0.15, 0.2) is 53.7 Å². The SMILES string of the molecule is CS(=O)(=O)N1CCN(C[C@H](O)CON=C2c3ccccc3-c3ccccc32)CC1. The van der Waals surface area contributed by atoms with Gasteiger partial charge >= 0.3 is 0 Å². The van der Waals surface area contributed by atoms with Crippen LogP contribution in [0.1, 0.15) is 11.1 Å². The minimum absolute atomic E-state index is 0.0835. The third-order valence-corrected chi connectivity index (χ3v) is 6.65. The normalized spacial score (nSPS) is 18.2. The van der Waals surface area contributed by atoms with E-state index >= 15 is 0 Å². The average Bonchev–Trinajstić information content (AvgIpc) is 3.02. The molecule has 0 aromatic heterocycles. The summed E-state index contributed by atoms with van der Waals surface area (Å²) in [6.45, 7) is 2.60. The van der Waals surface area contributed by atoms with Gasteiger partial charge < -0.3 is 9.94 Å². The summed E-state index contributed by atoms with van der Waals surface area (Å²) in [5.74, 6) is 0. The monoisotopic (exact) mass is 415 g/mol. The van der Waals surface area contributed by atoms with Crippen LogP contribution in [0.4, 0.5) is 0 Å². The maximum absolute atomic E-state index is 11.6. The number of fused-ring (bicyclic) bond motifs is 3. The number of rotatable bonds is 6. The topological polar surface area (TPSA) is 82.4 Å². The van der Waals surface area contributed by atoms with Crippen molar-refractivity contribution in [3.05, 3.63) is 59.7 Å². The number of aliphatic hydroxyl groups excluding tert-OH is 1. The van der Waals surface area contributed by atoms with Gasteiger partial charge in [-0.05, 0) is 11.1 Å². The second-order valence-electron chi connectivity index (χ2n) is 7.44. The van der Waals surface area contributed by atoms with E-state index in [2.05, 4.69) is 17.3 Å². The van der Waals surface area contributed by atoms with E-state index in [0.717, 1.165) is 28.0 Å². The zero-order valence-corrected chi connectivity index (χ0v) is 17.2. The molecule has 4 rings (SSSR count). The van der Waals surface area contributed by atoms with E-state index in [1.54, 1.807) is 0 Å². The first-order valence-electron chi connectivity index (χ1n) is 9.68. The number of sulfonamides is 1. The van der Waals surface area contributed by atoms with Crippen LogP contribution in [-0.4, -0.2) is 80.1 Å². The Labute approximate surface area is 171 Å². The number of β-amino-alcohol motifs (C(OH)–C–C–N with tert-alkyl or cyclic N) is 1. The lowest BCUT2D eigenvalue weighted by atomic mass is 10.1. The molecule has 1 N–H and O–H groups in total. The molecule has 29 heavy (non-hydrogen) atoms. The number of aliphatic hydroxyl groups is 1. The highest BCUT2D eigenvalue weighted by atomic mass is 32.2. The maximum atomic E-state index is 11.6. The molecule has 1 fully saturated rings. The van der Waals surface area contributed by atoms with Gasteiger partial charge in [0.1, 0.15) is 18.4 Å². The van der Waals surface area contributed by atoms with Crippen LogP contribution in [0.2, 0.25) is 0 Å². The summed E-state index contributed by atoms with van der Waals surface area (Å²) in [5.41, 5.74) is 5.11. The first kappa shape index (κ1) is 20.0. The minimum Gasteiger partial charge on any atom is -0.392 e. The second kappa shape index (κ2) is 8.23. The Morgan fingerprint density at radius 1 is 0.966 bits per heavy atom. The van der Waals surface area contributed by atoms with Gasteiger partial charge in [0.15, 0.2) is 0 Å². The van der Waals surface area contributed by atoms with E-state index in [9.17, 15) is 13.5 Å². The molecule has 1 heterocycles. The standard InChI is InChI=1S/C21H25N3O4S/c1-29(26,27)24-12-10-23(11-13-24)14-16(25)15-28-22-21-19-8-4-2-6-17(19)18-7-3-5-9-20(18)21/h2-9,16,25H,10-15H2,1H3/t16-/m0/s1. The van der Waals surface area contributed by atoms with Gasteiger partial charge in [-0.25, -0.2) is 8.42 Å². The third-order valence-electron chi connectivity index (χ3n) is 5.35. The van der Waals surface area contributed by atoms with Crippen molar-refractivity contribution >= 4 is 15.7 Å². The van der Waals surface area contributed by atoms with Crippen LogP contribution in [0, 0.1) is 0 Å². The highest BCUT2D eigenvalue weighted by molar-refractivity contribution is 7.88. The van der Waals surface area contributed by atoms with Crippen molar-refractivity contribution in [3.63, 3.8) is 0 Å². The molecule has 0 saturated carbocycles. The molecule has 2 aromatic carbocycles. The highest BCUT2D eigenvalue weighted by Crippen LogP contribution is 2.36. The molecule has 8 heteroatoms. The van der Waals surface area contributed by atoms with Gasteiger partial charge in [-0.3, -0.25) is 4.90 Å². The Bertz CT molecular complexity index is 967. The van der Waals surface area contributed by atoms with Crippen molar-refractivity contribution in [3.8, 4) is 11.1 Å².